The van der Waals surface area contributed by atoms with Crippen LogP contribution in [0.2, 0.25) is 0 Å². The molecule has 66 valence electrons. The van der Waals surface area contributed by atoms with Crippen LogP contribution in [0.25, 0.3) is 0 Å². The Labute approximate surface area is 74.0 Å². The Morgan fingerprint density at radius 2 is 2.33 bits per heavy atom. The first-order chi connectivity index (χ1) is 5.59. The molecule has 0 fully saturated rings. The van der Waals surface area contributed by atoms with E-state index in [-0.39, 0.29) is 5.75 Å². The van der Waals surface area contributed by atoms with Gasteiger partial charge in [0.05, 0.1) is 5.69 Å². The van der Waals surface area contributed by atoms with Gasteiger partial charge in [0.1, 0.15) is 11.5 Å². The standard InChI is InChI=1S/C7H9NO3S/c1-4-5(2)11-7(8-4)12-3-6(9)10/h3H2,1-2H3,(H,9,10). The van der Waals surface area contributed by atoms with Crippen molar-refractivity contribution in [1.82, 2.24) is 4.98 Å². The Kier molecular flexibility index (Phi) is 2.75. The maximum absolute atomic E-state index is 10.2. The first kappa shape index (κ1) is 9.12. The molecule has 0 aliphatic rings. The third-order valence-corrected chi connectivity index (χ3v) is 2.14. The van der Waals surface area contributed by atoms with Crippen molar-refractivity contribution in [3.63, 3.8) is 0 Å². The molecular weight excluding hydrogens is 178 g/mol. The number of hydrogen-bond donors (Lipinski definition) is 1. The number of oxazole rings is 1. The molecule has 0 aliphatic carbocycles. The molecule has 5 heteroatoms. The first-order valence-electron chi connectivity index (χ1n) is 3.38. The van der Waals surface area contributed by atoms with Gasteiger partial charge >= 0.3 is 5.97 Å². The minimum atomic E-state index is -0.867. The molecule has 12 heavy (non-hydrogen) atoms. The number of aryl methyl sites for hydroxylation is 2. The van der Waals surface area contributed by atoms with Gasteiger partial charge in [0.25, 0.3) is 5.22 Å². The summed E-state index contributed by atoms with van der Waals surface area (Å²) in [6.07, 6.45) is 0. The Balaban J connectivity index is 2.58. The number of carboxylic acid groups (broad SMARTS) is 1. The second kappa shape index (κ2) is 3.62. The molecule has 0 aromatic carbocycles. The minimum Gasteiger partial charge on any atom is -0.481 e. The lowest BCUT2D eigenvalue weighted by Crippen LogP contribution is -1.97. The van der Waals surface area contributed by atoms with E-state index in [1.54, 1.807) is 6.92 Å². The van der Waals surface area contributed by atoms with E-state index in [2.05, 4.69) is 4.98 Å². The molecule has 0 amide bonds. The van der Waals surface area contributed by atoms with Gasteiger partial charge in [-0.2, -0.15) is 0 Å². The SMILES string of the molecule is Cc1nc(SCC(=O)O)oc1C. The van der Waals surface area contributed by atoms with Gasteiger partial charge < -0.3 is 9.52 Å². The van der Waals surface area contributed by atoms with Crippen LogP contribution in [0.4, 0.5) is 0 Å². The molecule has 1 N–H and O–H groups in total. The number of carboxylic acids is 1. The van der Waals surface area contributed by atoms with Crippen molar-refractivity contribution in [3.8, 4) is 0 Å². The highest BCUT2D eigenvalue weighted by molar-refractivity contribution is 7.99. The summed E-state index contributed by atoms with van der Waals surface area (Å²) in [7, 11) is 0. The summed E-state index contributed by atoms with van der Waals surface area (Å²) in [6, 6.07) is 0. The van der Waals surface area contributed by atoms with Crippen LogP contribution in [0.15, 0.2) is 9.64 Å². The average Bonchev–Trinajstić information content (AvgIpc) is 2.28. The van der Waals surface area contributed by atoms with Crippen molar-refractivity contribution in [3.05, 3.63) is 11.5 Å². The zero-order chi connectivity index (χ0) is 9.14. The largest absolute Gasteiger partial charge is 0.481 e. The van der Waals surface area contributed by atoms with Crippen molar-refractivity contribution in [2.75, 3.05) is 5.75 Å². The summed E-state index contributed by atoms with van der Waals surface area (Å²) in [5.74, 6) is -0.143. The summed E-state index contributed by atoms with van der Waals surface area (Å²) in [4.78, 5) is 14.2. The Morgan fingerprint density at radius 1 is 1.67 bits per heavy atom. The molecule has 0 saturated carbocycles. The van der Waals surface area contributed by atoms with Crippen LogP contribution in [0.3, 0.4) is 0 Å². The van der Waals surface area contributed by atoms with Gasteiger partial charge in [-0.3, -0.25) is 4.79 Å². The second-order valence-corrected chi connectivity index (χ2v) is 3.23. The molecule has 0 radical (unpaired) electrons. The molecule has 1 aromatic rings. The smallest absolute Gasteiger partial charge is 0.314 e. The Hall–Kier alpha value is -0.970. The van der Waals surface area contributed by atoms with Crippen LogP contribution in [0.1, 0.15) is 11.5 Å². The van der Waals surface area contributed by atoms with Gasteiger partial charge in [-0.15, -0.1) is 0 Å². The maximum Gasteiger partial charge on any atom is 0.314 e. The first-order valence-corrected chi connectivity index (χ1v) is 4.37. The van der Waals surface area contributed by atoms with Crippen LogP contribution in [0.5, 0.6) is 0 Å². The lowest BCUT2D eigenvalue weighted by Gasteiger charge is -1.88. The molecule has 4 nitrogen and oxygen atoms in total. The van der Waals surface area contributed by atoms with Crippen LogP contribution in [-0.2, 0) is 4.79 Å². The average molecular weight is 187 g/mol. The normalized spacial score (nSPS) is 10.2. The highest BCUT2D eigenvalue weighted by Crippen LogP contribution is 2.19. The van der Waals surface area contributed by atoms with Gasteiger partial charge in [-0.05, 0) is 13.8 Å². The fourth-order valence-corrected chi connectivity index (χ4v) is 1.26. The highest BCUT2D eigenvalue weighted by atomic mass is 32.2. The number of aromatic nitrogens is 1. The van der Waals surface area contributed by atoms with E-state index in [9.17, 15) is 4.79 Å². The molecule has 0 spiro atoms. The minimum absolute atomic E-state index is 0.0145. The molecule has 0 aliphatic heterocycles. The summed E-state index contributed by atoms with van der Waals surface area (Å²) < 4.78 is 5.15. The van der Waals surface area contributed by atoms with Crippen LogP contribution < -0.4 is 0 Å². The molecule has 1 heterocycles. The van der Waals surface area contributed by atoms with E-state index in [4.69, 9.17) is 9.52 Å². The van der Waals surface area contributed by atoms with Gasteiger partial charge in [-0.1, -0.05) is 11.8 Å². The third kappa shape index (κ3) is 2.27. The predicted molar refractivity (Wildman–Crippen MR) is 44.3 cm³/mol. The third-order valence-electron chi connectivity index (χ3n) is 1.33. The zero-order valence-corrected chi connectivity index (χ0v) is 7.64. The van der Waals surface area contributed by atoms with Gasteiger partial charge in [-0.25, -0.2) is 4.98 Å². The number of hydrogen-bond acceptors (Lipinski definition) is 4. The quantitative estimate of drug-likeness (QED) is 0.726. The number of nitrogens with zero attached hydrogens (tertiary/aromatic N) is 1. The van der Waals surface area contributed by atoms with Crippen molar-refractivity contribution >= 4 is 17.7 Å². The zero-order valence-electron chi connectivity index (χ0n) is 6.83. The Morgan fingerprint density at radius 3 is 2.75 bits per heavy atom. The number of aliphatic carboxylic acids is 1. The summed E-state index contributed by atoms with van der Waals surface area (Å²) >= 11 is 1.09. The van der Waals surface area contributed by atoms with E-state index >= 15 is 0 Å². The lowest BCUT2D eigenvalue weighted by atomic mass is 10.4. The Bertz CT molecular complexity index is 275. The van der Waals surface area contributed by atoms with E-state index in [1.807, 2.05) is 6.92 Å². The van der Waals surface area contributed by atoms with Crippen molar-refractivity contribution in [2.45, 2.75) is 19.1 Å². The summed E-state index contributed by atoms with van der Waals surface area (Å²) in [6.45, 7) is 3.62. The predicted octanol–water partition coefficient (Wildman–Crippen LogP) is 1.47. The number of thioether (sulfide) groups is 1. The summed E-state index contributed by atoms with van der Waals surface area (Å²) in [5, 5.41) is 8.78. The molecule has 0 bridgehead atoms. The number of carbonyl (C=O) groups is 1. The van der Waals surface area contributed by atoms with E-state index in [1.165, 1.54) is 0 Å². The topological polar surface area (TPSA) is 63.3 Å². The van der Waals surface area contributed by atoms with Crippen molar-refractivity contribution in [2.24, 2.45) is 0 Å². The lowest BCUT2D eigenvalue weighted by molar-refractivity contribution is -0.133. The second-order valence-electron chi connectivity index (χ2n) is 2.30. The van der Waals surface area contributed by atoms with Crippen LogP contribution in [-0.4, -0.2) is 21.8 Å². The highest BCUT2D eigenvalue weighted by Gasteiger charge is 2.07. The maximum atomic E-state index is 10.2. The van der Waals surface area contributed by atoms with Crippen molar-refractivity contribution < 1.29 is 14.3 Å². The van der Waals surface area contributed by atoms with Gasteiger partial charge in [0, 0.05) is 0 Å². The number of rotatable bonds is 3. The molecule has 1 rings (SSSR count). The molecule has 0 unspecified atom stereocenters. The van der Waals surface area contributed by atoms with E-state index in [0.717, 1.165) is 23.2 Å². The van der Waals surface area contributed by atoms with Gasteiger partial charge in [0.15, 0.2) is 0 Å². The molecule has 0 saturated heterocycles. The fraction of sp³-hybridized carbons (Fsp3) is 0.429. The van der Waals surface area contributed by atoms with Gasteiger partial charge in [0.2, 0.25) is 0 Å². The van der Waals surface area contributed by atoms with E-state index in [0.29, 0.717) is 5.22 Å². The van der Waals surface area contributed by atoms with Crippen LogP contribution in [0, 0.1) is 13.8 Å². The molecule has 0 atom stereocenters. The monoisotopic (exact) mass is 187 g/mol. The fourth-order valence-electron chi connectivity index (χ4n) is 0.629. The van der Waals surface area contributed by atoms with Crippen LogP contribution >= 0.6 is 11.8 Å². The molecular formula is C7H9NO3S. The van der Waals surface area contributed by atoms with E-state index < -0.39 is 5.97 Å². The molecule has 1 aromatic heterocycles. The van der Waals surface area contributed by atoms with Crippen molar-refractivity contribution in [1.29, 1.82) is 0 Å². The summed E-state index contributed by atoms with van der Waals surface area (Å²) in [5.41, 5.74) is 0.808.